The average Bonchev–Trinajstić information content (AvgIpc) is 3.00. The molecule has 0 heterocycles. The van der Waals surface area contributed by atoms with Crippen LogP contribution in [0.1, 0.15) is 36.0 Å². The fraction of sp³-hybridized carbons (Fsp3) is 0.533. The van der Waals surface area contributed by atoms with Crippen LogP contribution in [0.25, 0.3) is 0 Å². The van der Waals surface area contributed by atoms with Crippen LogP contribution in [0.2, 0.25) is 0 Å². The molecular weight excluding hydrogens is 276 g/mol. The Labute approximate surface area is 119 Å². The van der Waals surface area contributed by atoms with Crippen molar-refractivity contribution < 1.29 is 17.9 Å². The van der Waals surface area contributed by atoms with Crippen LogP contribution in [-0.2, 0) is 14.6 Å². The van der Waals surface area contributed by atoms with Crippen LogP contribution < -0.4 is 0 Å². The quantitative estimate of drug-likeness (QED) is 0.803. The van der Waals surface area contributed by atoms with Gasteiger partial charge in [0.25, 0.3) is 0 Å². The Morgan fingerprint density at radius 3 is 2.35 bits per heavy atom. The number of esters is 1. The minimum Gasteiger partial charge on any atom is -0.458 e. The standard InChI is InChI=1S/C15H18O4S/c1-20(17,18)13-6-4-11(5-7-13)15(16)19-14-9-10-2-3-12(14)8-10/h4-7,10,12,14H,2-3,8-9H2,1H3/t10-,12+,14+/m1/s1. The Balaban J connectivity index is 1.68. The highest BCUT2D eigenvalue weighted by Crippen LogP contribution is 2.46. The van der Waals surface area contributed by atoms with Gasteiger partial charge in [-0.15, -0.1) is 0 Å². The van der Waals surface area contributed by atoms with Gasteiger partial charge in [-0.25, -0.2) is 13.2 Å². The van der Waals surface area contributed by atoms with Crippen molar-refractivity contribution in [3.05, 3.63) is 29.8 Å². The van der Waals surface area contributed by atoms with Gasteiger partial charge in [-0.2, -0.15) is 0 Å². The molecule has 5 heteroatoms. The highest BCUT2D eigenvalue weighted by atomic mass is 32.2. The van der Waals surface area contributed by atoms with Crippen LogP contribution >= 0.6 is 0 Å². The second-order valence-corrected chi connectivity index (χ2v) is 7.93. The molecule has 2 fully saturated rings. The molecule has 1 aromatic carbocycles. The van der Waals surface area contributed by atoms with Gasteiger partial charge in [-0.1, -0.05) is 0 Å². The molecule has 0 unspecified atom stereocenters. The minimum atomic E-state index is -3.23. The lowest BCUT2D eigenvalue weighted by molar-refractivity contribution is 0.0158. The molecule has 4 nitrogen and oxygen atoms in total. The van der Waals surface area contributed by atoms with E-state index in [2.05, 4.69) is 0 Å². The van der Waals surface area contributed by atoms with E-state index in [9.17, 15) is 13.2 Å². The van der Waals surface area contributed by atoms with Gasteiger partial charge in [0.05, 0.1) is 10.5 Å². The highest BCUT2D eigenvalue weighted by Gasteiger charge is 2.41. The highest BCUT2D eigenvalue weighted by molar-refractivity contribution is 7.90. The minimum absolute atomic E-state index is 0.0517. The summed E-state index contributed by atoms with van der Waals surface area (Å²) in [5.74, 6) is 0.909. The second kappa shape index (κ2) is 4.88. The largest absolute Gasteiger partial charge is 0.458 e. The van der Waals surface area contributed by atoms with Crippen LogP contribution in [0.5, 0.6) is 0 Å². The Morgan fingerprint density at radius 1 is 1.15 bits per heavy atom. The molecule has 0 amide bonds. The van der Waals surface area contributed by atoms with Gasteiger partial charge in [0.1, 0.15) is 6.10 Å². The van der Waals surface area contributed by atoms with E-state index in [0.717, 1.165) is 25.0 Å². The first kappa shape index (κ1) is 13.6. The van der Waals surface area contributed by atoms with E-state index >= 15 is 0 Å². The van der Waals surface area contributed by atoms with Crippen molar-refractivity contribution in [3.8, 4) is 0 Å². The van der Waals surface area contributed by atoms with E-state index < -0.39 is 9.84 Å². The average molecular weight is 294 g/mol. The number of benzene rings is 1. The summed E-state index contributed by atoms with van der Waals surface area (Å²) in [5, 5.41) is 0. The van der Waals surface area contributed by atoms with Crippen LogP contribution in [0.15, 0.2) is 29.2 Å². The molecule has 0 radical (unpaired) electrons. The molecule has 0 saturated heterocycles. The van der Waals surface area contributed by atoms with E-state index in [1.54, 1.807) is 0 Å². The predicted molar refractivity (Wildman–Crippen MR) is 74.2 cm³/mol. The van der Waals surface area contributed by atoms with Crippen molar-refractivity contribution in [1.82, 2.24) is 0 Å². The maximum Gasteiger partial charge on any atom is 0.338 e. The van der Waals surface area contributed by atoms with Gasteiger partial charge >= 0.3 is 5.97 Å². The maximum absolute atomic E-state index is 12.1. The molecule has 2 saturated carbocycles. The summed E-state index contributed by atoms with van der Waals surface area (Å²) in [6.07, 6.45) is 5.80. The Morgan fingerprint density at radius 2 is 1.85 bits per heavy atom. The summed E-state index contributed by atoms with van der Waals surface area (Å²) in [6.45, 7) is 0. The molecule has 0 spiro atoms. The van der Waals surface area contributed by atoms with Gasteiger partial charge in [0.2, 0.25) is 0 Å². The van der Waals surface area contributed by atoms with Gasteiger partial charge in [-0.3, -0.25) is 0 Å². The first-order valence-electron chi connectivity index (χ1n) is 6.94. The summed E-state index contributed by atoms with van der Waals surface area (Å²) in [4.78, 5) is 12.3. The third kappa shape index (κ3) is 2.59. The van der Waals surface area contributed by atoms with Gasteiger partial charge in [0, 0.05) is 6.26 Å². The Bertz CT molecular complexity index is 618. The van der Waals surface area contributed by atoms with E-state index in [1.165, 1.54) is 37.1 Å². The van der Waals surface area contributed by atoms with Crippen molar-refractivity contribution >= 4 is 15.8 Å². The maximum atomic E-state index is 12.1. The molecule has 1 aromatic rings. The summed E-state index contributed by atoms with van der Waals surface area (Å²) in [5.41, 5.74) is 0.417. The number of carbonyl (C=O) groups excluding carboxylic acids is 1. The molecule has 2 aliphatic rings. The predicted octanol–water partition coefficient (Wildman–Crippen LogP) is 2.44. The first-order chi connectivity index (χ1) is 9.43. The monoisotopic (exact) mass is 294 g/mol. The Hall–Kier alpha value is -1.36. The molecule has 20 heavy (non-hydrogen) atoms. The number of hydrogen-bond donors (Lipinski definition) is 0. The fourth-order valence-corrected chi connectivity index (χ4v) is 4.00. The lowest BCUT2D eigenvalue weighted by atomic mass is 9.98. The van der Waals surface area contributed by atoms with Gasteiger partial charge < -0.3 is 4.74 Å². The van der Waals surface area contributed by atoms with E-state index in [4.69, 9.17) is 4.74 Å². The summed E-state index contributed by atoms with van der Waals surface area (Å²) in [7, 11) is -3.23. The number of carbonyl (C=O) groups is 1. The molecule has 2 aliphatic carbocycles. The zero-order chi connectivity index (χ0) is 14.3. The van der Waals surface area contributed by atoms with Crippen molar-refractivity contribution in [3.63, 3.8) is 0 Å². The smallest absolute Gasteiger partial charge is 0.338 e. The van der Waals surface area contributed by atoms with Gasteiger partial charge in [0.15, 0.2) is 9.84 Å². The third-order valence-corrected chi connectivity index (χ3v) is 5.58. The topological polar surface area (TPSA) is 60.4 Å². The molecule has 0 N–H and O–H groups in total. The van der Waals surface area contributed by atoms with Crippen LogP contribution in [0, 0.1) is 11.8 Å². The van der Waals surface area contributed by atoms with Crippen LogP contribution in [0.4, 0.5) is 0 Å². The molecular formula is C15H18O4S. The van der Waals surface area contributed by atoms with Gasteiger partial charge in [-0.05, 0) is 61.8 Å². The zero-order valence-corrected chi connectivity index (χ0v) is 12.2. The number of rotatable bonds is 3. The molecule has 0 aliphatic heterocycles. The number of ether oxygens (including phenoxy) is 1. The molecule has 3 atom stereocenters. The normalized spacial score (nSPS) is 28.6. The SMILES string of the molecule is CS(=O)(=O)c1ccc(C(=O)O[C@H]2C[C@@H]3CC[C@H]2C3)cc1. The van der Waals surface area contributed by atoms with Crippen molar-refractivity contribution in [2.24, 2.45) is 11.8 Å². The molecule has 3 rings (SSSR count). The van der Waals surface area contributed by atoms with E-state index in [1.807, 2.05) is 0 Å². The first-order valence-corrected chi connectivity index (χ1v) is 8.84. The fourth-order valence-electron chi connectivity index (χ4n) is 3.37. The number of hydrogen-bond acceptors (Lipinski definition) is 4. The van der Waals surface area contributed by atoms with Crippen molar-refractivity contribution in [2.45, 2.75) is 36.7 Å². The lowest BCUT2D eigenvalue weighted by Crippen LogP contribution is -2.24. The molecule has 0 aromatic heterocycles. The second-order valence-electron chi connectivity index (χ2n) is 5.92. The van der Waals surface area contributed by atoms with Crippen molar-refractivity contribution in [1.29, 1.82) is 0 Å². The van der Waals surface area contributed by atoms with Crippen molar-refractivity contribution in [2.75, 3.05) is 6.26 Å². The molecule has 108 valence electrons. The molecule has 2 bridgehead atoms. The Kier molecular flexibility index (Phi) is 3.32. The van der Waals surface area contributed by atoms with E-state index in [-0.39, 0.29) is 17.0 Å². The van der Waals surface area contributed by atoms with Crippen LogP contribution in [-0.4, -0.2) is 26.7 Å². The third-order valence-electron chi connectivity index (χ3n) is 4.45. The van der Waals surface area contributed by atoms with Crippen LogP contribution in [0.3, 0.4) is 0 Å². The zero-order valence-electron chi connectivity index (χ0n) is 11.4. The number of fused-ring (bicyclic) bond motifs is 2. The lowest BCUT2D eigenvalue weighted by Gasteiger charge is -2.21. The summed E-state index contributed by atoms with van der Waals surface area (Å²) in [6, 6.07) is 5.94. The summed E-state index contributed by atoms with van der Waals surface area (Å²) < 4.78 is 28.3. The summed E-state index contributed by atoms with van der Waals surface area (Å²) >= 11 is 0. The van der Waals surface area contributed by atoms with E-state index in [0.29, 0.717) is 11.5 Å². The number of sulfone groups is 1.